The Morgan fingerprint density at radius 3 is 2.48 bits per heavy atom. The second kappa shape index (κ2) is 5.47. The maximum atomic E-state index is 12.0. The van der Waals surface area contributed by atoms with Crippen molar-refractivity contribution in [2.75, 3.05) is 35.4 Å². The van der Waals surface area contributed by atoms with Gasteiger partial charge < -0.3 is 0 Å². The van der Waals surface area contributed by atoms with E-state index in [1.54, 1.807) is 25.1 Å². The van der Waals surface area contributed by atoms with Crippen LogP contribution in [0.25, 0.3) is 0 Å². The molecular formula is C12H19N3O4S2. The quantitative estimate of drug-likeness (QED) is 0.881. The van der Waals surface area contributed by atoms with Gasteiger partial charge in [0.05, 0.1) is 17.1 Å². The lowest BCUT2D eigenvalue weighted by atomic mass is 10.2. The maximum absolute atomic E-state index is 12.0. The minimum Gasteiger partial charge on any atom is -0.271 e. The summed E-state index contributed by atoms with van der Waals surface area (Å²) in [7, 11) is -4.07. The lowest BCUT2D eigenvalue weighted by molar-refractivity contribution is 0.527. The van der Waals surface area contributed by atoms with Gasteiger partial charge >= 0.3 is 10.2 Å². The summed E-state index contributed by atoms with van der Waals surface area (Å²) in [6, 6.07) is 4.87. The average molecular weight is 333 g/mol. The number of aryl methyl sites for hydroxylation is 1. The van der Waals surface area contributed by atoms with Crippen molar-refractivity contribution in [3.05, 3.63) is 23.8 Å². The molecular weight excluding hydrogens is 314 g/mol. The van der Waals surface area contributed by atoms with Gasteiger partial charge in [0.15, 0.2) is 0 Å². The van der Waals surface area contributed by atoms with Crippen LogP contribution in [0, 0.1) is 6.92 Å². The van der Waals surface area contributed by atoms with Gasteiger partial charge in [-0.3, -0.25) is 9.03 Å². The van der Waals surface area contributed by atoms with Crippen molar-refractivity contribution < 1.29 is 16.8 Å². The highest BCUT2D eigenvalue weighted by Gasteiger charge is 2.29. The summed E-state index contributed by atoms with van der Waals surface area (Å²) in [6.07, 6.45) is 0.579. The largest absolute Gasteiger partial charge is 0.301 e. The van der Waals surface area contributed by atoms with Crippen molar-refractivity contribution in [3.63, 3.8) is 0 Å². The summed E-state index contributed by atoms with van der Waals surface area (Å²) in [5.74, 6) is 0.125. The lowest BCUT2D eigenvalue weighted by Crippen LogP contribution is -2.29. The molecule has 0 bridgehead atoms. The third-order valence-electron chi connectivity index (χ3n) is 3.30. The first-order valence-corrected chi connectivity index (χ1v) is 9.50. The number of hydrogen-bond acceptors (Lipinski definition) is 4. The highest BCUT2D eigenvalue weighted by molar-refractivity contribution is 7.93. The molecule has 1 aliphatic rings. The zero-order chi connectivity index (χ0) is 15.8. The minimum absolute atomic E-state index is 0.125. The first kappa shape index (κ1) is 16.1. The predicted molar refractivity (Wildman–Crippen MR) is 83.2 cm³/mol. The van der Waals surface area contributed by atoms with Crippen molar-refractivity contribution in [1.82, 2.24) is 4.31 Å². The Balaban J connectivity index is 2.39. The topological polar surface area (TPSA) is 86.8 Å². The number of nitrogens with one attached hydrogen (secondary N) is 1. The van der Waals surface area contributed by atoms with E-state index in [2.05, 4.69) is 4.72 Å². The molecule has 1 N–H and O–H groups in total. The molecule has 118 valence electrons. The lowest BCUT2D eigenvalue weighted by Gasteiger charge is -2.21. The monoisotopic (exact) mass is 333 g/mol. The van der Waals surface area contributed by atoms with E-state index in [1.165, 1.54) is 18.4 Å². The molecule has 0 amide bonds. The van der Waals surface area contributed by atoms with Crippen LogP contribution < -0.4 is 9.03 Å². The Labute approximate surface area is 125 Å². The van der Waals surface area contributed by atoms with Crippen LogP contribution in [0.4, 0.5) is 11.4 Å². The van der Waals surface area contributed by atoms with Crippen LogP contribution in [0.15, 0.2) is 18.2 Å². The van der Waals surface area contributed by atoms with Crippen LogP contribution in [0.1, 0.15) is 12.0 Å². The fourth-order valence-corrected chi connectivity index (χ4v) is 4.32. The normalized spacial score (nSPS) is 18.2. The van der Waals surface area contributed by atoms with Crippen LogP contribution >= 0.6 is 0 Å². The molecule has 2 rings (SSSR count). The standard InChI is InChI=1S/C12H19N3O4S2/c1-10-5-6-11(13-21(18,19)14(2)3)9-12(10)15-7-4-8-20(15,16)17/h5-6,9,13H,4,7-8H2,1-3H3. The first-order chi connectivity index (χ1) is 9.63. The number of nitrogens with zero attached hydrogens (tertiary/aromatic N) is 2. The summed E-state index contributed by atoms with van der Waals surface area (Å²) in [5, 5.41) is 0. The Morgan fingerprint density at radius 1 is 1.29 bits per heavy atom. The number of anilines is 2. The van der Waals surface area contributed by atoms with E-state index in [0.717, 1.165) is 9.87 Å². The summed E-state index contributed by atoms with van der Waals surface area (Å²) in [5.41, 5.74) is 1.64. The summed E-state index contributed by atoms with van der Waals surface area (Å²) in [6.45, 7) is 2.22. The molecule has 1 aromatic rings. The van der Waals surface area contributed by atoms with Gasteiger partial charge in [-0.15, -0.1) is 0 Å². The number of rotatable bonds is 4. The summed E-state index contributed by atoms with van der Waals surface area (Å²) in [4.78, 5) is 0. The van der Waals surface area contributed by atoms with E-state index < -0.39 is 20.2 Å². The molecule has 1 saturated heterocycles. The van der Waals surface area contributed by atoms with Crippen molar-refractivity contribution in [3.8, 4) is 0 Å². The van der Waals surface area contributed by atoms with Crippen LogP contribution in [-0.2, 0) is 20.2 Å². The van der Waals surface area contributed by atoms with Crippen LogP contribution in [0.5, 0.6) is 0 Å². The molecule has 0 aromatic heterocycles. The van der Waals surface area contributed by atoms with Gasteiger partial charge in [-0.2, -0.15) is 12.7 Å². The van der Waals surface area contributed by atoms with E-state index in [9.17, 15) is 16.8 Å². The highest BCUT2D eigenvalue weighted by Crippen LogP contribution is 2.30. The molecule has 0 atom stereocenters. The van der Waals surface area contributed by atoms with Crippen molar-refractivity contribution in [1.29, 1.82) is 0 Å². The van der Waals surface area contributed by atoms with E-state index in [-0.39, 0.29) is 5.75 Å². The molecule has 0 radical (unpaired) electrons. The zero-order valence-corrected chi connectivity index (χ0v) is 13.8. The number of hydrogen-bond donors (Lipinski definition) is 1. The Morgan fingerprint density at radius 2 is 1.95 bits per heavy atom. The van der Waals surface area contributed by atoms with Gasteiger partial charge in [0.2, 0.25) is 10.0 Å². The van der Waals surface area contributed by atoms with Gasteiger partial charge in [0.1, 0.15) is 0 Å². The molecule has 7 nitrogen and oxygen atoms in total. The number of benzene rings is 1. The summed E-state index contributed by atoms with van der Waals surface area (Å²) >= 11 is 0. The van der Waals surface area contributed by atoms with Crippen molar-refractivity contribution in [2.24, 2.45) is 0 Å². The van der Waals surface area contributed by atoms with Gasteiger partial charge in [0.25, 0.3) is 0 Å². The average Bonchev–Trinajstić information content (AvgIpc) is 2.71. The molecule has 1 heterocycles. The molecule has 21 heavy (non-hydrogen) atoms. The van der Waals surface area contributed by atoms with Crippen LogP contribution in [-0.4, -0.2) is 47.5 Å². The van der Waals surface area contributed by atoms with Gasteiger partial charge in [-0.05, 0) is 31.0 Å². The molecule has 1 fully saturated rings. The number of sulfonamides is 1. The Bertz CT molecular complexity index is 742. The zero-order valence-electron chi connectivity index (χ0n) is 12.2. The van der Waals surface area contributed by atoms with Gasteiger partial charge in [-0.25, -0.2) is 8.42 Å². The fourth-order valence-electron chi connectivity index (χ4n) is 2.09. The third-order valence-corrected chi connectivity index (χ3v) is 6.62. The second-order valence-electron chi connectivity index (χ2n) is 5.13. The molecule has 0 aliphatic carbocycles. The minimum atomic E-state index is -3.62. The summed E-state index contributed by atoms with van der Waals surface area (Å²) < 4.78 is 52.5. The van der Waals surface area contributed by atoms with Crippen molar-refractivity contribution >= 4 is 31.6 Å². The molecule has 0 unspecified atom stereocenters. The van der Waals surface area contributed by atoms with Gasteiger partial charge in [0, 0.05) is 20.6 Å². The van der Waals surface area contributed by atoms with Crippen LogP contribution in [0.3, 0.4) is 0 Å². The molecule has 1 aliphatic heterocycles. The molecule has 0 spiro atoms. The van der Waals surface area contributed by atoms with Crippen molar-refractivity contribution in [2.45, 2.75) is 13.3 Å². The third kappa shape index (κ3) is 3.30. The predicted octanol–water partition coefficient (Wildman–Crippen LogP) is 0.753. The van der Waals surface area contributed by atoms with E-state index in [4.69, 9.17) is 0 Å². The molecule has 1 aromatic carbocycles. The first-order valence-electron chi connectivity index (χ1n) is 6.45. The van der Waals surface area contributed by atoms with Gasteiger partial charge in [-0.1, -0.05) is 6.07 Å². The second-order valence-corrected chi connectivity index (χ2v) is 9.03. The Hall–Kier alpha value is -1.32. The SMILES string of the molecule is Cc1ccc(NS(=O)(=O)N(C)C)cc1N1CCCS1(=O)=O. The molecule has 0 saturated carbocycles. The smallest absolute Gasteiger partial charge is 0.271 e. The molecule has 9 heteroatoms. The van der Waals surface area contributed by atoms with E-state index in [1.807, 2.05) is 0 Å². The maximum Gasteiger partial charge on any atom is 0.301 e. The van der Waals surface area contributed by atoms with E-state index >= 15 is 0 Å². The fraction of sp³-hybridized carbons (Fsp3) is 0.500. The van der Waals surface area contributed by atoms with Crippen LogP contribution in [0.2, 0.25) is 0 Å². The highest BCUT2D eigenvalue weighted by atomic mass is 32.2. The van der Waals surface area contributed by atoms with E-state index in [0.29, 0.717) is 24.3 Å². The Kier molecular flexibility index (Phi) is 4.18.